The van der Waals surface area contributed by atoms with E-state index in [1.54, 1.807) is 18.9 Å². The highest BCUT2D eigenvalue weighted by molar-refractivity contribution is 8.00. The molecule has 0 radical (unpaired) electrons. The Hall–Kier alpha value is -1.20. The van der Waals surface area contributed by atoms with Crippen LogP contribution in [0.1, 0.15) is 17.9 Å². The molecular formula is C14H19NO3S. The van der Waals surface area contributed by atoms with Gasteiger partial charge >= 0.3 is 0 Å². The summed E-state index contributed by atoms with van der Waals surface area (Å²) >= 11 is 1.65. The fraction of sp³-hybridized carbons (Fsp3) is 0.500. The zero-order valence-corrected chi connectivity index (χ0v) is 12.1. The second-order valence-electron chi connectivity index (χ2n) is 4.22. The molecule has 0 bridgehead atoms. The molecule has 5 heteroatoms. The minimum Gasteiger partial charge on any atom is -0.497 e. The fourth-order valence-corrected chi connectivity index (χ4v) is 3.28. The highest BCUT2D eigenvalue weighted by Crippen LogP contribution is 2.39. The van der Waals surface area contributed by atoms with E-state index in [-0.39, 0.29) is 11.3 Å². The molecule has 0 aromatic heterocycles. The molecule has 0 aliphatic carbocycles. The summed E-state index contributed by atoms with van der Waals surface area (Å²) in [5.41, 5.74) is 1.10. The number of rotatable bonds is 6. The number of thioether (sulfide) groups is 1. The van der Waals surface area contributed by atoms with Gasteiger partial charge in [0.2, 0.25) is 5.91 Å². The van der Waals surface area contributed by atoms with Crippen molar-refractivity contribution in [3.05, 3.63) is 29.8 Å². The second kappa shape index (κ2) is 6.82. The molecule has 19 heavy (non-hydrogen) atoms. The van der Waals surface area contributed by atoms with Crippen LogP contribution >= 0.6 is 11.8 Å². The monoisotopic (exact) mass is 281 g/mol. The van der Waals surface area contributed by atoms with Crippen LogP contribution in [-0.2, 0) is 9.53 Å². The Morgan fingerprint density at radius 1 is 1.47 bits per heavy atom. The molecule has 1 aromatic carbocycles. The van der Waals surface area contributed by atoms with Gasteiger partial charge in [-0.15, -0.1) is 11.8 Å². The molecule has 1 heterocycles. The SMILES string of the molecule is CCOCCN1C(=O)CSC1c1cccc(OC)c1. The van der Waals surface area contributed by atoms with Crippen LogP contribution in [0.5, 0.6) is 5.75 Å². The van der Waals surface area contributed by atoms with Crippen LogP contribution in [0, 0.1) is 0 Å². The Bertz CT molecular complexity index is 438. The van der Waals surface area contributed by atoms with Crippen molar-refractivity contribution in [3.63, 3.8) is 0 Å². The molecule has 1 aromatic rings. The van der Waals surface area contributed by atoms with Crippen molar-refractivity contribution in [1.82, 2.24) is 4.90 Å². The number of hydrogen-bond acceptors (Lipinski definition) is 4. The number of methoxy groups -OCH3 is 1. The molecule has 1 aliphatic heterocycles. The smallest absolute Gasteiger partial charge is 0.233 e. The van der Waals surface area contributed by atoms with E-state index in [9.17, 15) is 4.79 Å². The molecule has 1 atom stereocenters. The lowest BCUT2D eigenvalue weighted by Gasteiger charge is -2.24. The summed E-state index contributed by atoms with van der Waals surface area (Å²) < 4.78 is 10.6. The van der Waals surface area contributed by atoms with Crippen LogP contribution in [0.3, 0.4) is 0 Å². The fourth-order valence-electron chi connectivity index (χ4n) is 2.07. The van der Waals surface area contributed by atoms with Crippen molar-refractivity contribution in [2.75, 3.05) is 32.6 Å². The van der Waals surface area contributed by atoms with Crippen LogP contribution < -0.4 is 4.74 Å². The van der Waals surface area contributed by atoms with Gasteiger partial charge in [0.1, 0.15) is 11.1 Å². The number of benzene rings is 1. The van der Waals surface area contributed by atoms with Crippen molar-refractivity contribution in [2.45, 2.75) is 12.3 Å². The largest absolute Gasteiger partial charge is 0.497 e. The third kappa shape index (κ3) is 3.42. The predicted octanol–water partition coefficient (Wildman–Crippen LogP) is 2.31. The summed E-state index contributed by atoms with van der Waals surface area (Å²) in [5.74, 6) is 1.54. The quantitative estimate of drug-likeness (QED) is 0.750. The van der Waals surface area contributed by atoms with Gasteiger partial charge in [0.15, 0.2) is 0 Å². The van der Waals surface area contributed by atoms with Crippen molar-refractivity contribution in [2.24, 2.45) is 0 Å². The van der Waals surface area contributed by atoms with Crippen molar-refractivity contribution in [1.29, 1.82) is 0 Å². The molecule has 0 saturated carbocycles. The van der Waals surface area contributed by atoms with Gasteiger partial charge in [-0.1, -0.05) is 12.1 Å². The Labute approximate surface area is 118 Å². The van der Waals surface area contributed by atoms with Crippen LogP contribution in [0.2, 0.25) is 0 Å². The van der Waals surface area contributed by atoms with Gasteiger partial charge in [-0.3, -0.25) is 4.79 Å². The Balaban J connectivity index is 2.10. The van der Waals surface area contributed by atoms with E-state index in [1.165, 1.54) is 0 Å². The lowest BCUT2D eigenvalue weighted by Crippen LogP contribution is -2.31. The Kier molecular flexibility index (Phi) is 5.10. The molecular weight excluding hydrogens is 262 g/mol. The molecule has 0 N–H and O–H groups in total. The minimum absolute atomic E-state index is 0.0723. The first-order valence-corrected chi connectivity index (χ1v) is 7.44. The van der Waals surface area contributed by atoms with Crippen molar-refractivity contribution >= 4 is 17.7 Å². The maximum absolute atomic E-state index is 11.9. The van der Waals surface area contributed by atoms with Gasteiger partial charge in [-0.2, -0.15) is 0 Å². The van der Waals surface area contributed by atoms with E-state index < -0.39 is 0 Å². The standard InChI is InChI=1S/C14H19NO3S/c1-3-18-8-7-15-13(16)10-19-14(15)11-5-4-6-12(9-11)17-2/h4-6,9,14H,3,7-8,10H2,1-2H3. The molecule has 1 fully saturated rings. The number of nitrogens with zero attached hydrogens (tertiary/aromatic N) is 1. The Morgan fingerprint density at radius 2 is 2.32 bits per heavy atom. The van der Waals surface area contributed by atoms with Crippen LogP contribution in [0.15, 0.2) is 24.3 Å². The number of amides is 1. The lowest BCUT2D eigenvalue weighted by atomic mass is 10.2. The number of hydrogen-bond donors (Lipinski definition) is 0. The summed E-state index contributed by atoms with van der Waals surface area (Å²) in [6, 6.07) is 7.89. The third-order valence-corrected chi connectivity index (χ3v) is 4.28. The summed E-state index contributed by atoms with van der Waals surface area (Å²) in [5, 5.41) is 0.0723. The van der Waals surface area contributed by atoms with Gasteiger partial charge in [-0.25, -0.2) is 0 Å². The molecule has 1 unspecified atom stereocenters. The van der Waals surface area contributed by atoms with E-state index in [1.807, 2.05) is 36.1 Å². The summed E-state index contributed by atoms with van der Waals surface area (Å²) in [7, 11) is 1.65. The normalized spacial score (nSPS) is 18.9. The first kappa shape index (κ1) is 14.2. The van der Waals surface area contributed by atoms with Gasteiger partial charge < -0.3 is 14.4 Å². The first-order valence-electron chi connectivity index (χ1n) is 6.39. The zero-order valence-electron chi connectivity index (χ0n) is 11.3. The van der Waals surface area contributed by atoms with Crippen molar-refractivity contribution < 1.29 is 14.3 Å². The summed E-state index contributed by atoms with van der Waals surface area (Å²) in [6.45, 7) is 3.86. The molecule has 2 rings (SSSR count). The topological polar surface area (TPSA) is 38.8 Å². The molecule has 0 spiro atoms. The van der Waals surface area contributed by atoms with E-state index in [4.69, 9.17) is 9.47 Å². The van der Waals surface area contributed by atoms with E-state index >= 15 is 0 Å². The average molecular weight is 281 g/mol. The van der Waals surface area contributed by atoms with Crippen LogP contribution in [0.25, 0.3) is 0 Å². The predicted molar refractivity (Wildman–Crippen MR) is 76.4 cm³/mol. The summed E-state index contributed by atoms with van der Waals surface area (Å²) in [4.78, 5) is 13.8. The van der Waals surface area contributed by atoms with E-state index in [0.717, 1.165) is 11.3 Å². The average Bonchev–Trinajstić information content (AvgIpc) is 2.81. The van der Waals surface area contributed by atoms with E-state index in [0.29, 0.717) is 25.5 Å². The maximum atomic E-state index is 11.9. The molecule has 1 amide bonds. The zero-order chi connectivity index (χ0) is 13.7. The number of ether oxygens (including phenoxy) is 2. The second-order valence-corrected chi connectivity index (χ2v) is 5.29. The first-order chi connectivity index (χ1) is 9.26. The van der Waals surface area contributed by atoms with Gasteiger partial charge in [0, 0.05) is 13.2 Å². The Morgan fingerprint density at radius 3 is 3.05 bits per heavy atom. The van der Waals surface area contributed by atoms with Gasteiger partial charge in [0.05, 0.1) is 19.5 Å². The number of carbonyl (C=O) groups is 1. The lowest BCUT2D eigenvalue weighted by molar-refractivity contribution is -0.128. The molecule has 104 valence electrons. The van der Waals surface area contributed by atoms with Gasteiger partial charge in [-0.05, 0) is 24.6 Å². The van der Waals surface area contributed by atoms with E-state index in [2.05, 4.69) is 0 Å². The van der Waals surface area contributed by atoms with Crippen molar-refractivity contribution in [3.8, 4) is 5.75 Å². The molecule has 1 saturated heterocycles. The number of carbonyl (C=O) groups excluding carboxylic acids is 1. The highest BCUT2D eigenvalue weighted by Gasteiger charge is 2.32. The maximum Gasteiger partial charge on any atom is 0.233 e. The van der Waals surface area contributed by atoms with Crippen LogP contribution in [0.4, 0.5) is 0 Å². The minimum atomic E-state index is 0.0723. The molecule has 4 nitrogen and oxygen atoms in total. The highest BCUT2D eigenvalue weighted by atomic mass is 32.2. The van der Waals surface area contributed by atoms with Crippen LogP contribution in [-0.4, -0.2) is 43.4 Å². The third-order valence-electron chi connectivity index (χ3n) is 3.03. The van der Waals surface area contributed by atoms with Gasteiger partial charge in [0.25, 0.3) is 0 Å². The molecule has 1 aliphatic rings. The summed E-state index contributed by atoms with van der Waals surface area (Å²) in [6.07, 6.45) is 0.